The van der Waals surface area contributed by atoms with Crippen molar-refractivity contribution in [2.45, 2.75) is 38.3 Å². The molecular formula is C21H27N3O2. The van der Waals surface area contributed by atoms with Crippen LogP contribution in [0.2, 0.25) is 0 Å². The van der Waals surface area contributed by atoms with Crippen LogP contribution >= 0.6 is 0 Å². The maximum absolute atomic E-state index is 11.9. The number of anilines is 1. The second kappa shape index (κ2) is 7.87. The minimum absolute atomic E-state index is 0.146. The monoisotopic (exact) mass is 353 g/mol. The maximum atomic E-state index is 11.9. The average molecular weight is 353 g/mol. The summed E-state index contributed by atoms with van der Waals surface area (Å²) in [4.78, 5) is 20.8. The molecular weight excluding hydrogens is 326 g/mol. The van der Waals surface area contributed by atoms with Crippen LogP contribution in [0.3, 0.4) is 0 Å². The number of rotatable bonds is 5. The van der Waals surface area contributed by atoms with Crippen LogP contribution in [0.25, 0.3) is 0 Å². The molecule has 0 amide bonds. The quantitative estimate of drug-likeness (QED) is 0.892. The molecule has 0 bridgehead atoms. The smallest absolute Gasteiger partial charge is 0.320 e. The van der Waals surface area contributed by atoms with Crippen LogP contribution in [0.1, 0.15) is 42.3 Å². The highest BCUT2D eigenvalue weighted by Gasteiger charge is 2.35. The summed E-state index contributed by atoms with van der Waals surface area (Å²) in [5, 5.41) is 9.75. The average Bonchev–Trinajstić information content (AvgIpc) is 2.63. The van der Waals surface area contributed by atoms with Crippen molar-refractivity contribution in [1.82, 2.24) is 9.88 Å². The third-order valence-corrected chi connectivity index (χ3v) is 5.08. The Bertz CT molecular complexity index is 758. The van der Waals surface area contributed by atoms with Crippen molar-refractivity contribution in [3.8, 4) is 0 Å². The van der Waals surface area contributed by atoms with E-state index in [-0.39, 0.29) is 6.04 Å². The summed E-state index contributed by atoms with van der Waals surface area (Å²) in [6, 6.07) is 13.7. The molecule has 26 heavy (non-hydrogen) atoms. The third-order valence-electron chi connectivity index (χ3n) is 5.08. The van der Waals surface area contributed by atoms with Crippen LogP contribution in [0.4, 0.5) is 5.69 Å². The minimum atomic E-state index is -0.743. The molecule has 1 aliphatic heterocycles. The van der Waals surface area contributed by atoms with E-state index in [0.29, 0.717) is 6.42 Å². The van der Waals surface area contributed by atoms with Gasteiger partial charge in [0.05, 0.1) is 11.7 Å². The van der Waals surface area contributed by atoms with Gasteiger partial charge in [-0.25, -0.2) is 0 Å². The number of aliphatic carboxylic acids is 1. The van der Waals surface area contributed by atoms with Crippen molar-refractivity contribution in [2.24, 2.45) is 0 Å². The first kappa shape index (κ1) is 18.4. The molecule has 1 fully saturated rings. The van der Waals surface area contributed by atoms with Crippen molar-refractivity contribution in [2.75, 3.05) is 25.5 Å². The minimum Gasteiger partial charge on any atom is -0.480 e. The molecule has 5 heteroatoms. The van der Waals surface area contributed by atoms with Gasteiger partial charge in [-0.05, 0) is 56.1 Å². The number of carboxylic acids is 1. The largest absolute Gasteiger partial charge is 0.480 e. The summed E-state index contributed by atoms with van der Waals surface area (Å²) in [5.74, 6) is -0.743. The molecule has 3 rings (SSSR count). The predicted molar refractivity (Wildman–Crippen MR) is 104 cm³/mol. The first-order chi connectivity index (χ1) is 12.5. The van der Waals surface area contributed by atoms with Crippen LogP contribution in [-0.4, -0.2) is 47.6 Å². The van der Waals surface area contributed by atoms with E-state index in [0.717, 1.165) is 42.0 Å². The fourth-order valence-electron chi connectivity index (χ4n) is 3.73. The molecule has 1 aliphatic rings. The van der Waals surface area contributed by atoms with Crippen LogP contribution in [0, 0.1) is 6.92 Å². The number of pyridine rings is 1. The van der Waals surface area contributed by atoms with Crippen molar-refractivity contribution in [3.63, 3.8) is 0 Å². The van der Waals surface area contributed by atoms with Gasteiger partial charge >= 0.3 is 5.97 Å². The van der Waals surface area contributed by atoms with E-state index >= 15 is 0 Å². The van der Waals surface area contributed by atoms with E-state index in [1.54, 1.807) is 0 Å². The van der Waals surface area contributed by atoms with Crippen LogP contribution in [0.5, 0.6) is 0 Å². The highest BCUT2D eigenvalue weighted by Crippen LogP contribution is 2.34. The van der Waals surface area contributed by atoms with Crippen molar-refractivity contribution in [3.05, 3.63) is 59.4 Å². The van der Waals surface area contributed by atoms with E-state index in [9.17, 15) is 9.90 Å². The molecule has 1 aromatic heterocycles. The second-order valence-electron chi connectivity index (χ2n) is 7.18. The topological polar surface area (TPSA) is 56.7 Å². The lowest BCUT2D eigenvalue weighted by atomic mass is 9.94. The lowest BCUT2D eigenvalue weighted by molar-refractivity contribution is -0.145. The first-order valence-corrected chi connectivity index (χ1v) is 9.17. The number of likely N-dealkylation sites (tertiary alicyclic amines) is 1. The van der Waals surface area contributed by atoms with Gasteiger partial charge in [-0.3, -0.25) is 14.7 Å². The number of aryl methyl sites for hydroxylation is 1. The summed E-state index contributed by atoms with van der Waals surface area (Å²) in [6.45, 7) is 2.74. The Morgan fingerprint density at radius 2 is 1.92 bits per heavy atom. The lowest BCUT2D eigenvalue weighted by Crippen LogP contribution is -2.47. The predicted octanol–water partition coefficient (Wildman–Crippen LogP) is 3.48. The molecule has 1 N–H and O–H groups in total. The Balaban J connectivity index is 2.05. The van der Waals surface area contributed by atoms with E-state index in [2.05, 4.69) is 34.1 Å². The van der Waals surface area contributed by atoms with Gasteiger partial charge in [-0.15, -0.1) is 0 Å². The first-order valence-electron chi connectivity index (χ1n) is 9.17. The van der Waals surface area contributed by atoms with E-state index < -0.39 is 12.0 Å². The zero-order valence-corrected chi connectivity index (χ0v) is 15.7. The molecule has 2 aromatic rings. The maximum Gasteiger partial charge on any atom is 0.320 e. The summed E-state index contributed by atoms with van der Waals surface area (Å²) in [7, 11) is 4.03. The van der Waals surface area contributed by atoms with Gasteiger partial charge in [0.15, 0.2) is 0 Å². The Hall–Kier alpha value is -2.40. The Morgan fingerprint density at radius 1 is 1.19 bits per heavy atom. The van der Waals surface area contributed by atoms with E-state index in [4.69, 9.17) is 4.98 Å². The number of hydrogen-bond donors (Lipinski definition) is 1. The fourth-order valence-corrected chi connectivity index (χ4v) is 3.73. The highest BCUT2D eigenvalue weighted by atomic mass is 16.4. The number of hydrogen-bond acceptors (Lipinski definition) is 4. The summed E-state index contributed by atoms with van der Waals surface area (Å²) in [6.07, 6.45) is 2.66. The number of benzene rings is 1. The van der Waals surface area contributed by atoms with Gasteiger partial charge in [-0.2, -0.15) is 0 Å². The summed E-state index contributed by atoms with van der Waals surface area (Å²) in [5.41, 5.74) is 4.07. The van der Waals surface area contributed by atoms with Crippen LogP contribution in [0.15, 0.2) is 42.5 Å². The zero-order chi connectivity index (χ0) is 18.7. The molecule has 0 saturated carbocycles. The van der Waals surface area contributed by atoms with Gasteiger partial charge in [-0.1, -0.05) is 24.6 Å². The SMILES string of the molecule is Cc1cccc(C(c2ccc(N(C)C)cc2)N2CCCCC2C(=O)O)n1. The third kappa shape index (κ3) is 3.88. The molecule has 1 saturated heterocycles. The van der Waals surface area contributed by atoms with Gasteiger partial charge in [0, 0.05) is 25.5 Å². The molecule has 1 aromatic carbocycles. The molecule has 138 valence electrons. The number of carboxylic acid groups (broad SMARTS) is 1. The van der Waals surface area contributed by atoms with Crippen molar-refractivity contribution >= 4 is 11.7 Å². The van der Waals surface area contributed by atoms with Gasteiger partial charge in [0.1, 0.15) is 6.04 Å². The number of nitrogens with zero attached hydrogens (tertiary/aromatic N) is 3. The molecule has 2 atom stereocenters. The highest BCUT2D eigenvalue weighted by molar-refractivity contribution is 5.73. The molecule has 2 unspecified atom stereocenters. The number of piperidine rings is 1. The Kier molecular flexibility index (Phi) is 5.57. The van der Waals surface area contributed by atoms with Crippen molar-refractivity contribution < 1.29 is 9.90 Å². The Morgan fingerprint density at radius 3 is 2.54 bits per heavy atom. The van der Waals surface area contributed by atoms with Gasteiger partial charge in [0.25, 0.3) is 0 Å². The molecule has 0 spiro atoms. The van der Waals surface area contributed by atoms with Gasteiger partial charge in [0.2, 0.25) is 0 Å². The Labute approximate surface area is 155 Å². The normalized spacial score (nSPS) is 19.1. The summed E-state index contributed by atoms with van der Waals surface area (Å²) >= 11 is 0. The summed E-state index contributed by atoms with van der Waals surface area (Å²) < 4.78 is 0. The number of carbonyl (C=O) groups is 1. The van der Waals surface area contributed by atoms with Crippen LogP contribution < -0.4 is 4.90 Å². The second-order valence-corrected chi connectivity index (χ2v) is 7.18. The zero-order valence-electron chi connectivity index (χ0n) is 15.7. The fraction of sp³-hybridized carbons (Fsp3) is 0.429. The van der Waals surface area contributed by atoms with Crippen molar-refractivity contribution in [1.29, 1.82) is 0 Å². The molecule has 5 nitrogen and oxygen atoms in total. The van der Waals surface area contributed by atoms with Crippen LogP contribution in [-0.2, 0) is 4.79 Å². The van der Waals surface area contributed by atoms with E-state index in [1.165, 1.54) is 0 Å². The molecule has 0 aliphatic carbocycles. The van der Waals surface area contributed by atoms with E-state index in [1.807, 2.05) is 39.2 Å². The molecule has 2 heterocycles. The standard InChI is InChI=1S/C21H27N3O2/c1-15-7-6-8-18(22-15)20(16-10-12-17(13-11-16)23(2)3)24-14-5-4-9-19(24)21(25)26/h6-8,10-13,19-20H,4-5,9,14H2,1-3H3,(H,25,26). The number of aromatic nitrogens is 1. The van der Waals surface area contributed by atoms with Gasteiger partial charge < -0.3 is 10.0 Å². The molecule has 0 radical (unpaired) electrons. The lowest BCUT2D eigenvalue weighted by Gasteiger charge is -2.39.